The first kappa shape index (κ1) is 22.3. The summed E-state index contributed by atoms with van der Waals surface area (Å²) < 4.78 is 20.3. The van der Waals surface area contributed by atoms with E-state index in [4.69, 9.17) is 16.0 Å². The topological polar surface area (TPSA) is 44.5 Å². The van der Waals surface area contributed by atoms with Crippen molar-refractivity contribution in [3.63, 3.8) is 0 Å². The summed E-state index contributed by atoms with van der Waals surface area (Å²) >= 11 is 5.86. The molecule has 0 aliphatic rings. The largest absolute Gasteiger partial charge is 0.460 e. The first-order valence-corrected chi connectivity index (χ1v) is 10.8. The van der Waals surface area contributed by atoms with Gasteiger partial charge in [-0.3, -0.25) is 9.88 Å². The number of hydrogen-bond donors (Lipinski definition) is 1. The molecule has 4 rings (SSSR count). The maximum Gasteiger partial charge on any atom is 0.148 e. The van der Waals surface area contributed by atoms with E-state index in [-0.39, 0.29) is 0 Å². The summed E-state index contributed by atoms with van der Waals surface area (Å²) in [6, 6.07) is 16.3. The van der Waals surface area contributed by atoms with Gasteiger partial charge in [-0.05, 0) is 69.7 Å². The molecule has 0 atom stereocenters. The van der Waals surface area contributed by atoms with Crippen LogP contribution >= 0.6 is 11.6 Å². The van der Waals surface area contributed by atoms with Gasteiger partial charge in [-0.2, -0.15) is 0 Å². The molecule has 0 aliphatic heterocycles. The minimum absolute atomic E-state index is 0.360. The molecule has 1 N–H and O–H groups in total. The molecule has 166 valence electrons. The van der Waals surface area contributed by atoms with Crippen LogP contribution in [0.3, 0.4) is 0 Å². The minimum Gasteiger partial charge on any atom is -0.460 e. The SMILES string of the molecule is CN(C)CCN(C)Cc1ccc(-c2ccc3c(Nc4ccc(Cl)cc4F)ccnc3c2)o1. The van der Waals surface area contributed by atoms with E-state index in [1.165, 1.54) is 6.07 Å². The van der Waals surface area contributed by atoms with Crippen molar-refractivity contribution in [2.24, 2.45) is 0 Å². The Labute approximate surface area is 192 Å². The van der Waals surface area contributed by atoms with E-state index in [2.05, 4.69) is 41.2 Å². The van der Waals surface area contributed by atoms with Gasteiger partial charge in [0.2, 0.25) is 0 Å². The van der Waals surface area contributed by atoms with E-state index in [0.29, 0.717) is 10.7 Å². The zero-order chi connectivity index (χ0) is 22.7. The van der Waals surface area contributed by atoms with Crippen molar-refractivity contribution in [1.82, 2.24) is 14.8 Å². The number of anilines is 2. The zero-order valence-corrected chi connectivity index (χ0v) is 19.2. The molecule has 0 saturated carbocycles. The summed E-state index contributed by atoms with van der Waals surface area (Å²) in [6.45, 7) is 2.71. The number of pyridine rings is 1. The molecule has 0 amide bonds. The second-order valence-corrected chi connectivity index (χ2v) is 8.58. The molecule has 4 aromatic rings. The average Bonchev–Trinajstić information content (AvgIpc) is 3.22. The predicted octanol–water partition coefficient (Wildman–Crippen LogP) is 6.02. The van der Waals surface area contributed by atoms with Gasteiger partial charge in [-0.15, -0.1) is 0 Å². The Morgan fingerprint density at radius 2 is 1.81 bits per heavy atom. The van der Waals surface area contributed by atoms with Crippen molar-refractivity contribution < 1.29 is 8.81 Å². The Balaban J connectivity index is 1.54. The molecule has 32 heavy (non-hydrogen) atoms. The highest BCUT2D eigenvalue weighted by Gasteiger charge is 2.11. The monoisotopic (exact) mass is 452 g/mol. The number of aromatic nitrogens is 1. The van der Waals surface area contributed by atoms with Gasteiger partial charge < -0.3 is 14.6 Å². The highest BCUT2D eigenvalue weighted by atomic mass is 35.5. The number of nitrogens with zero attached hydrogens (tertiary/aromatic N) is 3. The number of nitrogens with one attached hydrogen (secondary N) is 1. The third-order valence-electron chi connectivity index (χ3n) is 5.24. The van der Waals surface area contributed by atoms with Crippen LogP contribution in [-0.4, -0.2) is 49.0 Å². The first-order chi connectivity index (χ1) is 15.4. The maximum atomic E-state index is 14.2. The molecule has 0 unspecified atom stereocenters. The number of likely N-dealkylation sites (N-methyl/N-ethyl adjacent to an activating group) is 2. The molecule has 0 fully saturated rings. The highest BCUT2D eigenvalue weighted by molar-refractivity contribution is 6.30. The van der Waals surface area contributed by atoms with E-state index in [9.17, 15) is 4.39 Å². The Morgan fingerprint density at radius 1 is 0.969 bits per heavy atom. The fourth-order valence-corrected chi connectivity index (χ4v) is 3.64. The summed E-state index contributed by atoms with van der Waals surface area (Å²) in [5.74, 6) is 1.31. The van der Waals surface area contributed by atoms with Crippen molar-refractivity contribution in [2.75, 3.05) is 39.5 Å². The molecule has 2 aromatic heterocycles. The lowest BCUT2D eigenvalue weighted by Crippen LogP contribution is -2.28. The normalized spacial score (nSPS) is 11.6. The minimum atomic E-state index is -0.405. The van der Waals surface area contributed by atoms with Gasteiger partial charge in [-0.1, -0.05) is 17.7 Å². The molecule has 7 heteroatoms. The van der Waals surface area contributed by atoms with Gasteiger partial charge in [0.15, 0.2) is 0 Å². The summed E-state index contributed by atoms with van der Waals surface area (Å²) in [6.07, 6.45) is 1.70. The Morgan fingerprint density at radius 3 is 2.59 bits per heavy atom. The fourth-order valence-electron chi connectivity index (χ4n) is 3.48. The Bertz CT molecular complexity index is 1220. The predicted molar refractivity (Wildman–Crippen MR) is 129 cm³/mol. The summed E-state index contributed by atoms with van der Waals surface area (Å²) in [4.78, 5) is 8.89. The molecular weight excluding hydrogens is 427 g/mol. The number of hydrogen-bond acceptors (Lipinski definition) is 5. The summed E-state index contributed by atoms with van der Waals surface area (Å²) in [7, 11) is 6.22. The Hall–Kier alpha value is -2.93. The van der Waals surface area contributed by atoms with Crippen molar-refractivity contribution in [3.05, 3.63) is 77.4 Å². The molecule has 0 aliphatic carbocycles. The van der Waals surface area contributed by atoms with Gasteiger partial charge in [0.05, 0.1) is 17.7 Å². The third kappa shape index (κ3) is 5.27. The molecular formula is C25H26ClFN4O. The lowest BCUT2D eigenvalue weighted by molar-refractivity contribution is 0.259. The molecule has 0 saturated heterocycles. The second kappa shape index (κ2) is 9.69. The van der Waals surface area contributed by atoms with Crippen molar-refractivity contribution >= 4 is 33.9 Å². The van der Waals surface area contributed by atoms with Crippen LogP contribution in [0.15, 0.2) is 65.2 Å². The summed E-state index contributed by atoms with van der Waals surface area (Å²) in [5.41, 5.74) is 2.87. The number of fused-ring (bicyclic) bond motifs is 1. The summed E-state index contributed by atoms with van der Waals surface area (Å²) in [5, 5.41) is 4.39. The van der Waals surface area contributed by atoms with E-state index < -0.39 is 5.82 Å². The molecule has 0 spiro atoms. The molecule has 2 aromatic carbocycles. The quantitative estimate of drug-likeness (QED) is 0.354. The smallest absolute Gasteiger partial charge is 0.148 e. The van der Waals surface area contributed by atoms with Crippen molar-refractivity contribution in [2.45, 2.75) is 6.54 Å². The molecule has 0 bridgehead atoms. The average molecular weight is 453 g/mol. The molecule has 2 heterocycles. The lowest BCUT2D eigenvalue weighted by Gasteiger charge is -2.17. The number of furan rings is 1. The van der Waals surface area contributed by atoms with E-state index in [0.717, 1.165) is 53.3 Å². The van der Waals surface area contributed by atoms with Gasteiger partial charge in [0, 0.05) is 40.9 Å². The standard InChI is InChI=1S/C25H26ClFN4O/c1-30(2)12-13-31(3)16-19-6-9-25(32-19)17-4-7-20-22(10-11-28-24(20)14-17)29-23-8-5-18(26)15-21(23)27/h4-11,14-15H,12-13,16H2,1-3H3,(H,28,29). The third-order valence-corrected chi connectivity index (χ3v) is 5.48. The van der Waals surface area contributed by atoms with Crippen LogP contribution in [0.2, 0.25) is 5.02 Å². The Kier molecular flexibility index (Phi) is 6.74. The van der Waals surface area contributed by atoms with Crippen LogP contribution in [0.5, 0.6) is 0 Å². The van der Waals surface area contributed by atoms with Gasteiger partial charge in [0.25, 0.3) is 0 Å². The van der Waals surface area contributed by atoms with Crippen molar-refractivity contribution in [1.29, 1.82) is 0 Å². The van der Waals surface area contributed by atoms with Gasteiger partial charge in [0.1, 0.15) is 17.3 Å². The zero-order valence-electron chi connectivity index (χ0n) is 18.4. The molecule has 5 nitrogen and oxygen atoms in total. The molecule has 0 radical (unpaired) electrons. The van der Waals surface area contributed by atoms with Crippen LogP contribution in [0.1, 0.15) is 5.76 Å². The van der Waals surface area contributed by atoms with Crippen LogP contribution in [0.4, 0.5) is 15.8 Å². The van der Waals surface area contributed by atoms with Crippen LogP contribution in [0, 0.1) is 5.82 Å². The maximum absolute atomic E-state index is 14.2. The second-order valence-electron chi connectivity index (χ2n) is 8.15. The number of halogens is 2. The van der Waals surface area contributed by atoms with Crippen LogP contribution in [-0.2, 0) is 6.54 Å². The van der Waals surface area contributed by atoms with Crippen LogP contribution in [0.25, 0.3) is 22.2 Å². The number of rotatable bonds is 8. The lowest BCUT2D eigenvalue weighted by atomic mass is 10.1. The number of benzene rings is 2. The fraction of sp³-hybridized carbons (Fsp3) is 0.240. The van der Waals surface area contributed by atoms with E-state index >= 15 is 0 Å². The van der Waals surface area contributed by atoms with Crippen molar-refractivity contribution in [3.8, 4) is 11.3 Å². The highest BCUT2D eigenvalue weighted by Crippen LogP contribution is 2.31. The first-order valence-electron chi connectivity index (χ1n) is 10.4. The van der Waals surface area contributed by atoms with Gasteiger partial charge in [-0.25, -0.2) is 4.39 Å². The van der Waals surface area contributed by atoms with Gasteiger partial charge >= 0.3 is 0 Å². The van der Waals surface area contributed by atoms with E-state index in [1.807, 2.05) is 36.4 Å². The van der Waals surface area contributed by atoms with E-state index in [1.54, 1.807) is 18.3 Å². The van der Waals surface area contributed by atoms with Crippen LogP contribution < -0.4 is 5.32 Å².